The third-order valence-electron chi connectivity index (χ3n) is 4.43. The van der Waals surface area contributed by atoms with E-state index in [1.54, 1.807) is 17.7 Å². The van der Waals surface area contributed by atoms with E-state index in [1.807, 2.05) is 0 Å². The molecule has 0 amide bonds. The van der Waals surface area contributed by atoms with Crippen LogP contribution in [0.1, 0.15) is 24.0 Å². The van der Waals surface area contributed by atoms with Gasteiger partial charge in [0.05, 0.1) is 6.61 Å². The number of thiophene rings is 1. The third kappa shape index (κ3) is 7.38. The minimum atomic E-state index is 0. The number of guanidine groups is 1. The topological polar surface area (TPSA) is 76.4 Å². The van der Waals surface area contributed by atoms with Gasteiger partial charge in [0.2, 0.25) is 0 Å². The Hall–Kier alpha value is -1.20. The summed E-state index contributed by atoms with van der Waals surface area (Å²) in [6.45, 7) is 7.08. The number of nitrogens with one attached hydrogen (secondary N) is 2. The standard InChI is InChI=1S/C18H28N6OS.HI/c1-2-17-23-22-14-24(17)9-8-20-18(21-12-15-6-10-25-13-15)19-7-5-16-4-3-11-26-16;/h3-4,11,14-15H,2,5-10,12-13H2,1H3,(H2,19,20,21);1H. The van der Waals surface area contributed by atoms with Crippen LogP contribution >= 0.6 is 35.3 Å². The second-order valence-electron chi connectivity index (χ2n) is 6.40. The van der Waals surface area contributed by atoms with Gasteiger partial charge in [-0.05, 0) is 24.3 Å². The first-order valence-electron chi connectivity index (χ1n) is 9.34. The van der Waals surface area contributed by atoms with Crippen molar-refractivity contribution in [3.63, 3.8) is 0 Å². The molecule has 1 unspecified atom stereocenters. The lowest BCUT2D eigenvalue weighted by Crippen LogP contribution is -2.40. The molecule has 2 aromatic heterocycles. The lowest BCUT2D eigenvalue weighted by atomic mass is 10.1. The fourth-order valence-corrected chi connectivity index (χ4v) is 3.62. The molecular weight excluding hydrogens is 475 g/mol. The summed E-state index contributed by atoms with van der Waals surface area (Å²) in [6, 6.07) is 4.27. The Balaban J connectivity index is 0.00000261. The fourth-order valence-electron chi connectivity index (χ4n) is 2.92. The van der Waals surface area contributed by atoms with E-state index >= 15 is 0 Å². The molecule has 7 nitrogen and oxygen atoms in total. The van der Waals surface area contributed by atoms with E-state index in [-0.39, 0.29) is 24.0 Å². The third-order valence-corrected chi connectivity index (χ3v) is 5.37. The average Bonchev–Trinajstić information content (AvgIpc) is 3.41. The van der Waals surface area contributed by atoms with Gasteiger partial charge in [0, 0.05) is 50.0 Å². The van der Waals surface area contributed by atoms with E-state index in [4.69, 9.17) is 9.73 Å². The summed E-state index contributed by atoms with van der Waals surface area (Å²) in [5, 5.41) is 17.1. The van der Waals surface area contributed by atoms with Gasteiger partial charge in [-0.2, -0.15) is 0 Å². The zero-order valence-corrected chi connectivity index (χ0v) is 18.9. The lowest BCUT2D eigenvalue weighted by Gasteiger charge is -2.14. The molecule has 0 aliphatic carbocycles. The number of rotatable bonds is 9. The van der Waals surface area contributed by atoms with Crippen LogP contribution in [0, 0.1) is 5.92 Å². The van der Waals surface area contributed by atoms with E-state index < -0.39 is 0 Å². The Bertz CT molecular complexity index is 669. The molecule has 0 saturated carbocycles. The molecular formula is C18H29IN6OS. The van der Waals surface area contributed by atoms with Gasteiger partial charge in [-0.25, -0.2) is 0 Å². The highest BCUT2D eigenvalue weighted by Crippen LogP contribution is 2.12. The highest BCUT2D eigenvalue weighted by molar-refractivity contribution is 14.0. The van der Waals surface area contributed by atoms with E-state index in [0.29, 0.717) is 5.92 Å². The van der Waals surface area contributed by atoms with Crippen LogP contribution in [-0.2, 0) is 24.1 Å². The Labute approximate surface area is 182 Å². The number of nitrogens with zero attached hydrogens (tertiary/aromatic N) is 4. The predicted octanol–water partition coefficient (Wildman–Crippen LogP) is 2.33. The van der Waals surface area contributed by atoms with Crippen molar-refractivity contribution < 1.29 is 4.74 Å². The van der Waals surface area contributed by atoms with Crippen LogP contribution < -0.4 is 10.6 Å². The van der Waals surface area contributed by atoms with Crippen molar-refractivity contribution in [2.75, 3.05) is 32.8 Å². The zero-order chi connectivity index (χ0) is 18.0. The minimum absolute atomic E-state index is 0. The van der Waals surface area contributed by atoms with Crippen LogP contribution in [0.4, 0.5) is 0 Å². The number of halogens is 1. The molecule has 0 bridgehead atoms. The number of aryl methyl sites for hydroxylation is 1. The van der Waals surface area contributed by atoms with E-state index in [0.717, 1.165) is 70.4 Å². The largest absolute Gasteiger partial charge is 0.381 e. The smallest absolute Gasteiger partial charge is 0.191 e. The van der Waals surface area contributed by atoms with Crippen LogP contribution in [-0.4, -0.2) is 53.6 Å². The maximum Gasteiger partial charge on any atom is 0.191 e. The average molecular weight is 504 g/mol. The van der Waals surface area contributed by atoms with Gasteiger partial charge in [-0.3, -0.25) is 4.99 Å². The molecule has 2 aromatic rings. The monoisotopic (exact) mass is 504 g/mol. The number of hydrogen-bond acceptors (Lipinski definition) is 5. The Morgan fingerprint density at radius 2 is 2.30 bits per heavy atom. The predicted molar refractivity (Wildman–Crippen MR) is 120 cm³/mol. The molecule has 0 radical (unpaired) electrons. The molecule has 1 saturated heterocycles. The van der Waals surface area contributed by atoms with Crippen LogP contribution in [0.5, 0.6) is 0 Å². The summed E-state index contributed by atoms with van der Waals surface area (Å²) in [4.78, 5) is 6.15. The Morgan fingerprint density at radius 1 is 1.41 bits per heavy atom. The second kappa shape index (κ2) is 12.3. The molecule has 1 aliphatic rings. The van der Waals surface area contributed by atoms with Crippen molar-refractivity contribution in [2.45, 2.75) is 32.7 Å². The summed E-state index contributed by atoms with van der Waals surface area (Å²) >= 11 is 1.79. The normalized spacial score (nSPS) is 16.9. The SMILES string of the molecule is CCc1nncn1CCNC(=NCC1CCOC1)NCCc1cccs1.I. The highest BCUT2D eigenvalue weighted by atomic mass is 127. The first-order chi connectivity index (χ1) is 12.8. The number of aromatic nitrogens is 3. The summed E-state index contributed by atoms with van der Waals surface area (Å²) in [6.07, 6.45) is 4.79. The van der Waals surface area contributed by atoms with Gasteiger partial charge in [0.15, 0.2) is 5.96 Å². The Kier molecular flexibility index (Phi) is 10.1. The van der Waals surface area contributed by atoms with Gasteiger partial charge in [0.1, 0.15) is 12.2 Å². The van der Waals surface area contributed by atoms with Crippen molar-refractivity contribution >= 4 is 41.3 Å². The maximum absolute atomic E-state index is 5.45. The lowest BCUT2D eigenvalue weighted by molar-refractivity contribution is 0.187. The van der Waals surface area contributed by atoms with E-state index in [2.05, 4.69) is 49.8 Å². The molecule has 1 atom stereocenters. The molecule has 9 heteroatoms. The quantitative estimate of drug-likeness (QED) is 0.312. The second-order valence-corrected chi connectivity index (χ2v) is 7.43. The van der Waals surface area contributed by atoms with E-state index in [9.17, 15) is 0 Å². The molecule has 27 heavy (non-hydrogen) atoms. The van der Waals surface area contributed by atoms with Crippen molar-refractivity contribution in [3.05, 3.63) is 34.5 Å². The Morgan fingerprint density at radius 3 is 3.04 bits per heavy atom. The number of ether oxygens (including phenoxy) is 1. The van der Waals surface area contributed by atoms with Crippen LogP contribution in [0.25, 0.3) is 0 Å². The van der Waals surface area contributed by atoms with Crippen LogP contribution in [0.3, 0.4) is 0 Å². The van der Waals surface area contributed by atoms with Crippen LogP contribution in [0.15, 0.2) is 28.8 Å². The van der Waals surface area contributed by atoms with Crippen molar-refractivity contribution in [1.29, 1.82) is 0 Å². The summed E-state index contributed by atoms with van der Waals surface area (Å²) < 4.78 is 7.53. The summed E-state index contributed by atoms with van der Waals surface area (Å²) in [7, 11) is 0. The van der Waals surface area contributed by atoms with Gasteiger partial charge in [0.25, 0.3) is 0 Å². The molecule has 150 valence electrons. The fraction of sp³-hybridized carbons (Fsp3) is 0.611. The molecule has 3 heterocycles. The molecule has 1 aliphatic heterocycles. The summed E-state index contributed by atoms with van der Waals surface area (Å²) in [5.74, 6) is 2.43. The minimum Gasteiger partial charge on any atom is -0.381 e. The van der Waals surface area contributed by atoms with Gasteiger partial charge in [-0.1, -0.05) is 13.0 Å². The molecule has 3 rings (SSSR count). The molecule has 2 N–H and O–H groups in total. The van der Waals surface area contributed by atoms with Gasteiger partial charge < -0.3 is 19.9 Å². The number of aliphatic imine (C=N–C) groups is 1. The van der Waals surface area contributed by atoms with Gasteiger partial charge >= 0.3 is 0 Å². The zero-order valence-electron chi connectivity index (χ0n) is 15.8. The maximum atomic E-state index is 5.45. The molecule has 0 spiro atoms. The van der Waals surface area contributed by atoms with Crippen LogP contribution in [0.2, 0.25) is 0 Å². The first-order valence-corrected chi connectivity index (χ1v) is 10.2. The molecule has 1 fully saturated rings. The highest BCUT2D eigenvalue weighted by Gasteiger charge is 2.15. The van der Waals surface area contributed by atoms with Crippen molar-refractivity contribution in [3.8, 4) is 0 Å². The molecule has 0 aromatic carbocycles. The number of hydrogen-bond donors (Lipinski definition) is 2. The van der Waals surface area contributed by atoms with Gasteiger partial charge in [-0.15, -0.1) is 45.5 Å². The van der Waals surface area contributed by atoms with E-state index in [1.165, 1.54) is 4.88 Å². The summed E-state index contributed by atoms with van der Waals surface area (Å²) in [5.41, 5.74) is 0. The van der Waals surface area contributed by atoms with Crippen molar-refractivity contribution in [2.24, 2.45) is 10.9 Å². The van der Waals surface area contributed by atoms with Crippen molar-refractivity contribution in [1.82, 2.24) is 25.4 Å². The first kappa shape index (κ1) is 22.1.